The Morgan fingerprint density at radius 1 is 1.33 bits per heavy atom. The molecule has 0 bridgehead atoms. The topological polar surface area (TPSA) is 92.3 Å². The summed E-state index contributed by atoms with van der Waals surface area (Å²) >= 11 is 6.23. The molecule has 1 aliphatic heterocycles. The summed E-state index contributed by atoms with van der Waals surface area (Å²) in [6.45, 7) is 0.137. The third-order valence-corrected chi connectivity index (χ3v) is 5.28. The number of carbonyl (C=O) groups excluding carboxylic acids is 1. The molecule has 0 radical (unpaired) electrons. The molecule has 1 unspecified atom stereocenters. The van der Waals surface area contributed by atoms with Gasteiger partial charge in [0.05, 0.1) is 28.3 Å². The number of pyridine rings is 1. The minimum Gasteiger partial charge on any atom is -0.438 e. The number of amides is 1. The SMILES string of the molecule is O=C(c1ocnc1C(F)(F)F)N1CCc2[nH]cnc2C1c1cc2c(Cl)cccn2n1. The number of halogens is 4. The van der Waals surface area contributed by atoms with E-state index in [0.29, 0.717) is 34.7 Å². The summed E-state index contributed by atoms with van der Waals surface area (Å²) in [5, 5.41) is 4.92. The fourth-order valence-corrected chi connectivity index (χ4v) is 3.87. The number of aromatic amines is 1. The van der Waals surface area contributed by atoms with Crippen LogP contribution in [0.4, 0.5) is 13.2 Å². The Morgan fingerprint density at radius 2 is 2.17 bits per heavy atom. The van der Waals surface area contributed by atoms with E-state index in [1.165, 1.54) is 15.7 Å². The highest BCUT2D eigenvalue weighted by Gasteiger charge is 2.44. The normalized spacial score (nSPS) is 16.8. The van der Waals surface area contributed by atoms with Gasteiger partial charge in [-0.3, -0.25) is 4.79 Å². The lowest BCUT2D eigenvalue weighted by Crippen LogP contribution is -2.41. The van der Waals surface area contributed by atoms with E-state index in [1.807, 2.05) is 0 Å². The van der Waals surface area contributed by atoms with Gasteiger partial charge in [-0.25, -0.2) is 14.5 Å². The van der Waals surface area contributed by atoms with Gasteiger partial charge in [0.2, 0.25) is 5.76 Å². The molecule has 30 heavy (non-hydrogen) atoms. The average molecular weight is 437 g/mol. The molecule has 1 amide bonds. The van der Waals surface area contributed by atoms with Crippen LogP contribution in [0.3, 0.4) is 0 Å². The number of nitrogens with one attached hydrogen (secondary N) is 1. The molecule has 0 fully saturated rings. The van der Waals surface area contributed by atoms with Gasteiger partial charge in [0.1, 0.15) is 6.04 Å². The van der Waals surface area contributed by atoms with E-state index in [2.05, 4.69) is 20.1 Å². The molecule has 0 saturated heterocycles. The average Bonchev–Trinajstić information content (AvgIpc) is 3.44. The summed E-state index contributed by atoms with van der Waals surface area (Å²) in [6, 6.07) is 4.26. The van der Waals surface area contributed by atoms with Crippen molar-refractivity contribution < 1.29 is 22.4 Å². The monoisotopic (exact) mass is 436 g/mol. The highest BCUT2D eigenvalue weighted by Crippen LogP contribution is 2.37. The zero-order chi connectivity index (χ0) is 21.0. The molecule has 0 spiro atoms. The molecule has 1 atom stereocenters. The van der Waals surface area contributed by atoms with Crippen LogP contribution in [0.25, 0.3) is 5.52 Å². The first-order chi connectivity index (χ1) is 14.3. The van der Waals surface area contributed by atoms with Crippen molar-refractivity contribution in [1.29, 1.82) is 0 Å². The number of hydrogen-bond donors (Lipinski definition) is 1. The predicted molar refractivity (Wildman–Crippen MR) is 96.9 cm³/mol. The second-order valence-corrected chi connectivity index (χ2v) is 7.11. The van der Waals surface area contributed by atoms with Gasteiger partial charge in [0.25, 0.3) is 5.91 Å². The quantitative estimate of drug-likeness (QED) is 0.519. The van der Waals surface area contributed by atoms with Crippen molar-refractivity contribution >= 4 is 23.0 Å². The van der Waals surface area contributed by atoms with E-state index in [9.17, 15) is 18.0 Å². The van der Waals surface area contributed by atoms with Crippen molar-refractivity contribution in [2.75, 3.05) is 6.54 Å². The zero-order valence-electron chi connectivity index (χ0n) is 15.0. The van der Waals surface area contributed by atoms with Gasteiger partial charge in [-0.2, -0.15) is 18.3 Å². The third kappa shape index (κ3) is 2.84. The van der Waals surface area contributed by atoms with E-state index in [0.717, 1.165) is 5.69 Å². The number of carbonyl (C=O) groups is 1. The van der Waals surface area contributed by atoms with Crippen LogP contribution < -0.4 is 0 Å². The molecule has 12 heteroatoms. The Balaban J connectivity index is 1.63. The summed E-state index contributed by atoms with van der Waals surface area (Å²) in [5.41, 5.74) is 0.928. The molecule has 1 aliphatic rings. The molecule has 4 aromatic rings. The highest BCUT2D eigenvalue weighted by atomic mass is 35.5. The van der Waals surface area contributed by atoms with Crippen LogP contribution in [0.2, 0.25) is 5.02 Å². The second-order valence-electron chi connectivity index (χ2n) is 6.70. The Morgan fingerprint density at radius 3 is 2.93 bits per heavy atom. The van der Waals surface area contributed by atoms with Crippen LogP contribution >= 0.6 is 11.6 Å². The first kappa shape index (κ1) is 18.7. The Bertz CT molecular complexity index is 1260. The van der Waals surface area contributed by atoms with E-state index < -0.39 is 29.6 Å². The molecule has 0 aliphatic carbocycles. The van der Waals surface area contributed by atoms with E-state index in [1.54, 1.807) is 24.4 Å². The maximum absolute atomic E-state index is 13.3. The first-order valence-electron chi connectivity index (χ1n) is 8.82. The molecule has 4 aromatic heterocycles. The van der Waals surface area contributed by atoms with Crippen LogP contribution in [-0.4, -0.2) is 41.9 Å². The van der Waals surface area contributed by atoms with Crippen LogP contribution in [0.5, 0.6) is 0 Å². The van der Waals surface area contributed by atoms with Crippen molar-refractivity contribution in [3.05, 3.63) is 70.7 Å². The van der Waals surface area contributed by atoms with E-state index >= 15 is 0 Å². The molecule has 0 aromatic carbocycles. The maximum atomic E-state index is 13.3. The van der Waals surface area contributed by atoms with Gasteiger partial charge in [-0.15, -0.1) is 0 Å². The lowest BCUT2D eigenvalue weighted by molar-refractivity contribution is -0.141. The van der Waals surface area contributed by atoms with E-state index in [-0.39, 0.29) is 6.54 Å². The zero-order valence-corrected chi connectivity index (χ0v) is 15.8. The number of imidazole rings is 1. The third-order valence-electron chi connectivity index (χ3n) is 4.97. The Hall–Kier alpha value is -3.34. The van der Waals surface area contributed by atoms with Crippen molar-refractivity contribution in [3.63, 3.8) is 0 Å². The Labute approximate surface area is 171 Å². The molecule has 8 nitrogen and oxygen atoms in total. The molecule has 5 heterocycles. The van der Waals surface area contributed by atoms with Crippen molar-refractivity contribution in [3.8, 4) is 0 Å². The maximum Gasteiger partial charge on any atom is 0.437 e. The van der Waals surface area contributed by atoms with E-state index in [4.69, 9.17) is 16.0 Å². The van der Waals surface area contributed by atoms with Gasteiger partial charge >= 0.3 is 6.18 Å². The lowest BCUT2D eigenvalue weighted by atomic mass is 9.99. The molecule has 5 rings (SSSR count). The fourth-order valence-electron chi connectivity index (χ4n) is 3.66. The molecular formula is C18H12ClF3N6O2. The molecular weight excluding hydrogens is 425 g/mol. The first-order valence-corrected chi connectivity index (χ1v) is 9.20. The number of oxazole rings is 1. The summed E-state index contributed by atoms with van der Waals surface area (Å²) in [4.78, 5) is 24.9. The lowest BCUT2D eigenvalue weighted by Gasteiger charge is -2.33. The van der Waals surface area contributed by atoms with Gasteiger partial charge in [0, 0.05) is 24.9 Å². The summed E-state index contributed by atoms with van der Waals surface area (Å²) in [7, 11) is 0. The molecule has 1 N–H and O–H groups in total. The van der Waals surface area contributed by atoms with Gasteiger partial charge in [-0.05, 0) is 18.2 Å². The minimum absolute atomic E-state index is 0.137. The van der Waals surface area contributed by atoms with Crippen molar-refractivity contribution in [1.82, 2.24) is 29.5 Å². The van der Waals surface area contributed by atoms with Crippen LogP contribution in [-0.2, 0) is 12.6 Å². The molecule has 0 saturated carbocycles. The number of nitrogens with zero attached hydrogens (tertiary/aromatic N) is 5. The number of hydrogen-bond acceptors (Lipinski definition) is 5. The fraction of sp³-hybridized carbons (Fsp3) is 0.222. The minimum atomic E-state index is -4.82. The standard InChI is InChI=1S/C18H12ClF3N6O2/c19-9-2-1-4-28-12(9)6-11(26-28)14-13-10(23-7-24-13)3-5-27(14)17(29)15-16(18(20,21)22)25-8-30-15/h1-2,4,6-8,14H,3,5H2,(H,23,24). The van der Waals surface area contributed by atoms with Gasteiger partial charge in [0.15, 0.2) is 12.1 Å². The van der Waals surface area contributed by atoms with Crippen molar-refractivity contribution in [2.45, 2.75) is 18.6 Å². The highest BCUT2D eigenvalue weighted by molar-refractivity contribution is 6.33. The Kier molecular flexibility index (Phi) is 4.10. The number of alkyl halides is 3. The van der Waals surface area contributed by atoms with Gasteiger partial charge in [-0.1, -0.05) is 11.6 Å². The number of H-pyrrole nitrogens is 1. The summed E-state index contributed by atoms with van der Waals surface area (Å²) in [6.07, 6.45) is -0.661. The number of fused-ring (bicyclic) bond motifs is 2. The second kappa shape index (κ2) is 6.59. The molecule has 154 valence electrons. The van der Waals surface area contributed by atoms with Gasteiger partial charge < -0.3 is 14.3 Å². The van der Waals surface area contributed by atoms with Crippen LogP contribution in [0.1, 0.15) is 39.4 Å². The van der Waals surface area contributed by atoms with Crippen LogP contribution in [0.15, 0.2) is 41.5 Å². The van der Waals surface area contributed by atoms with Crippen LogP contribution in [0, 0.1) is 0 Å². The summed E-state index contributed by atoms with van der Waals surface area (Å²) in [5.74, 6) is -1.81. The van der Waals surface area contributed by atoms with Crippen molar-refractivity contribution in [2.24, 2.45) is 0 Å². The predicted octanol–water partition coefficient (Wildman–Crippen LogP) is 3.51. The number of rotatable bonds is 2. The largest absolute Gasteiger partial charge is 0.438 e. The smallest absolute Gasteiger partial charge is 0.437 e. The number of aromatic nitrogens is 5. The summed E-state index contributed by atoms with van der Waals surface area (Å²) < 4.78 is 46.2.